The molecule has 1 saturated heterocycles. The van der Waals surface area contributed by atoms with Crippen LogP contribution in [-0.2, 0) is 10.9 Å². The van der Waals surface area contributed by atoms with Crippen molar-refractivity contribution >= 4 is 11.5 Å². The lowest BCUT2D eigenvalue weighted by atomic mass is 10.2. The van der Waals surface area contributed by atoms with Gasteiger partial charge in [-0.05, 0) is 26.0 Å². The van der Waals surface area contributed by atoms with Gasteiger partial charge in [-0.15, -0.1) is 15.3 Å². The van der Waals surface area contributed by atoms with Gasteiger partial charge in [-0.3, -0.25) is 0 Å². The lowest BCUT2D eigenvalue weighted by Gasteiger charge is -2.35. The normalized spacial score (nSPS) is 23.8. The Balaban J connectivity index is 2.00. The SMILES string of the molecule is C[C@@H]1CN(c2ccc3nnc(C(F)(F)F)n3n2)C[C@H](C)O1. The molecule has 0 aliphatic carbocycles. The van der Waals surface area contributed by atoms with E-state index in [9.17, 15) is 13.2 Å². The number of morpholine rings is 1. The minimum absolute atomic E-state index is 0.00533. The average Bonchev–Trinajstić information content (AvgIpc) is 2.79. The monoisotopic (exact) mass is 301 g/mol. The van der Waals surface area contributed by atoms with Gasteiger partial charge in [-0.25, -0.2) is 0 Å². The molecule has 21 heavy (non-hydrogen) atoms. The Labute approximate surface area is 118 Å². The molecule has 0 radical (unpaired) electrons. The van der Waals surface area contributed by atoms with Crippen molar-refractivity contribution in [3.8, 4) is 0 Å². The number of halogens is 3. The molecule has 2 atom stereocenters. The van der Waals surface area contributed by atoms with Crippen molar-refractivity contribution in [3.05, 3.63) is 18.0 Å². The van der Waals surface area contributed by atoms with Crippen molar-refractivity contribution < 1.29 is 17.9 Å². The van der Waals surface area contributed by atoms with Gasteiger partial charge in [0.1, 0.15) is 5.82 Å². The summed E-state index contributed by atoms with van der Waals surface area (Å²) in [5, 5.41) is 10.7. The average molecular weight is 301 g/mol. The number of hydrogen-bond donors (Lipinski definition) is 0. The van der Waals surface area contributed by atoms with Gasteiger partial charge in [0.2, 0.25) is 0 Å². The van der Waals surface area contributed by atoms with Crippen LogP contribution in [-0.4, -0.2) is 45.1 Å². The topological polar surface area (TPSA) is 55.6 Å². The Morgan fingerprint density at radius 2 is 1.81 bits per heavy atom. The highest BCUT2D eigenvalue weighted by atomic mass is 19.4. The summed E-state index contributed by atoms with van der Waals surface area (Å²) in [5.41, 5.74) is 0.0698. The van der Waals surface area contributed by atoms with E-state index < -0.39 is 12.0 Å². The van der Waals surface area contributed by atoms with E-state index in [1.807, 2.05) is 18.7 Å². The number of aromatic nitrogens is 4. The van der Waals surface area contributed by atoms with Gasteiger partial charge in [0.05, 0.1) is 12.2 Å². The summed E-state index contributed by atoms with van der Waals surface area (Å²) in [4.78, 5) is 1.90. The second kappa shape index (κ2) is 4.83. The highest BCUT2D eigenvalue weighted by Crippen LogP contribution is 2.28. The maximum Gasteiger partial charge on any atom is 0.453 e. The number of ether oxygens (including phenoxy) is 1. The van der Waals surface area contributed by atoms with Crippen LogP contribution in [0.25, 0.3) is 5.65 Å². The third-order valence-corrected chi connectivity index (χ3v) is 3.25. The van der Waals surface area contributed by atoms with E-state index in [0.29, 0.717) is 18.9 Å². The third kappa shape index (κ3) is 2.65. The zero-order valence-electron chi connectivity index (χ0n) is 11.5. The quantitative estimate of drug-likeness (QED) is 0.803. The second-order valence-corrected chi connectivity index (χ2v) is 5.15. The van der Waals surface area contributed by atoms with Gasteiger partial charge >= 0.3 is 6.18 Å². The number of anilines is 1. The first-order valence-corrected chi connectivity index (χ1v) is 6.54. The Hall–Kier alpha value is -1.90. The van der Waals surface area contributed by atoms with E-state index in [4.69, 9.17) is 4.74 Å². The second-order valence-electron chi connectivity index (χ2n) is 5.15. The number of nitrogens with zero attached hydrogens (tertiary/aromatic N) is 5. The highest BCUT2D eigenvalue weighted by molar-refractivity contribution is 5.46. The summed E-state index contributed by atoms with van der Waals surface area (Å²) in [5.74, 6) is -0.663. The van der Waals surface area contributed by atoms with Crippen LogP contribution >= 0.6 is 0 Å². The molecule has 0 unspecified atom stereocenters. The first-order valence-electron chi connectivity index (χ1n) is 6.54. The van der Waals surface area contributed by atoms with Crippen molar-refractivity contribution in [2.75, 3.05) is 18.0 Å². The molecular weight excluding hydrogens is 287 g/mol. The first kappa shape index (κ1) is 14.1. The van der Waals surface area contributed by atoms with Crippen LogP contribution in [0.5, 0.6) is 0 Å². The number of alkyl halides is 3. The maximum atomic E-state index is 12.9. The highest BCUT2D eigenvalue weighted by Gasteiger charge is 2.38. The van der Waals surface area contributed by atoms with Gasteiger partial charge in [-0.2, -0.15) is 17.7 Å². The van der Waals surface area contributed by atoms with Crippen molar-refractivity contribution in [1.82, 2.24) is 19.8 Å². The number of rotatable bonds is 1. The fourth-order valence-electron chi connectivity index (χ4n) is 2.49. The van der Waals surface area contributed by atoms with Crippen molar-refractivity contribution in [2.45, 2.75) is 32.2 Å². The fourth-order valence-corrected chi connectivity index (χ4v) is 2.49. The zero-order valence-corrected chi connectivity index (χ0v) is 11.5. The summed E-state index contributed by atoms with van der Waals surface area (Å²) in [7, 11) is 0. The van der Waals surface area contributed by atoms with Gasteiger partial charge < -0.3 is 9.64 Å². The maximum absolute atomic E-state index is 12.9. The Bertz CT molecular complexity index is 646. The van der Waals surface area contributed by atoms with Gasteiger partial charge in [-0.1, -0.05) is 0 Å². The minimum Gasteiger partial charge on any atom is -0.372 e. The van der Waals surface area contributed by atoms with E-state index in [2.05, 4.69) is 15.3 Å². The van der Waals surface area contributed by atoms with Gasteiger partial charge in [0, 0.05) is 13.1 Å². The predicted octanol–water partition coefficient (Wildman–Crippen LogP) is 1.76. The molecular formula is C12H14F3N5O. The summed E-state index contributed by atoms with van der Waals surface area (Å²) >= 11 is 0. The molecule has 2 aromatic rings. The Morgan fingerprint density at radius 3 is 2.43 bits per heavy atom. The third-order valence-electron chi connectivity index (χ3n) is 3.25. The smallest absolute Gasteiger partial charge is 0.372 e. The molecule has 0 amide bonds. The van der Waals surface area contributed by atoms with Gasteiger partial charge in [0.25, 0.3) is 5.82 Å². The minimum atomic E-state index is -4.59. The van der Waals surface area contributed by atoms with Crippen LogP contribution in [0.1, 0.15) is 19.7 Å². The van der Waals surface area contributed by atoms with Crippen molar-refractivity contribution in [3.63, 3.8) is 0 Å². The molecule has 9 heteroatoms. The molecule has 0 aromatic carbocycles. The molecule has 3 heterocycles. The van der Waals surface area contributed by atoms with E-state index in [1.165, 1.54) is 6.07 Å². The number of hydrogen-bond acceptors (Lipinski definition) is 5. The standard InChI is InChI=1S/C12H14F3N5O/c1-7-5-19(6-8(2)21-7)10-4-3-9-16-17-11(12(13,14)15)20(9)18-10/h3-4,7-8H,5-6H2,1-2H3/t7-,8+. The predicted molar refractivity (Wildman–Crippen MR) is 68.0 cm³/mol. The van der Waals surface area contributed by atoms with E-state index in [-0.39, 0.29) is 17.9 Å². The van der Waals surface area contributed by atoms with Crippen LogP contribution < -0.4 is 4.90 Å². The van der Waals surface area contributed by atoms with Crippen LogP contribution in [0, 0.1) is 0 Å². The van der Waals surface area contributed by atoms with Crippen LogP contribution in [0.15, 0.2) is 12.1 Å². The first-order chi connectivity index (χ1) is 9.84. The molecule has 0 spiro atoms. The van der Waals surface area contributed by atoms with Crippen molar-refractivity contribution in [2.24, 2.45) is 0 Å². The molecule has 1 fully saturated rings. The summed E-state index contributed by atoms with van der Waals surface area (Å²) < 4.78 is 44.9. The van der Waals surface area contributed by atoms with Crippen LogP contribution in [0.2, 0.25) is 0 Å². The summed E-state index contributed by atoms with van der Waals surface area (Å²) in [6.45, 7) is 4.99. The molecule has 114 valence electrons. The summed E-state index contributed by atoms with van der Waals surface area (Å²) in [6.07, 6.45) is -4.60. The van der Waals surface area contributed by atoms with Gasteiger partial charge in [0.15, 0.2) is 5.65 Å². The molecule has 2 aromatic heterocycles. The van der Waals surface area contributed by atoms with E-state index >= 15 is 0 Å². The molecule has 3 rings (SSSR count). The lowest BCUT2D eigenvalue weighted by molar-refractivity contribution is -0.146. The molecule has 6 nitrogen and oxygen atoms in total. The fraction of sp³-hybridized carbons (Fsp3) is 0.583. The molecule has 0 saturated carbocycles. The molecule has 0 bridgehead atoms. The largest absolute Gasteiger partial charge is 0.453 e. The summed E-state index contributed by atoms with van der Waals surface area (Å²) in [6, 6.07) is 3.13. The zero-order chi connectivity index (χ0) is 15.2. The number of fused-ring (bicyclic) bond motifs is 1. The van der Waals surface area contributed by atoms with E-state index in [0.717, 1.165) is 4.52 Å². The van der Waals surface area contributed by atoms with E-state index in [1.54, 1.807) is 6.07 Å². The molecule has 0 N–H and O–H groups in total. The lowest BCUT2D eigenvalue weighted by Crippen LogP contribution is -2.46. The molecule has 1 aliphatic rings. The Morgan fingerprint density at radius 1 is 1.14 bits per heavy atom. The van der Waals surface area contributed by atoms with Crippen LogP contribution in [0.3, 0.4) is 0 Å². The van der Waals surface area contributed by atoms with Crippen molar-refractivity contribution in [1.29, 1.82) is 0 Å². The Kier molecular flexibility index (Phi) is 3.23. The van der Waals surface area contributed by atoms with Crippen LogP contribution in [0.4, 0.5) is 19.0 Å². The molecule has 1 aliphatic heterocycles.